The summed E-state index contributed by atoms with van der Waals surface area (Å²) in [6.07, 6.45) is 1.40. The van der Waals surface area contributed by atoms with Crippen molar-refractivity contribution in [3.63, 3.8) is 0 Å². The fraction of sp³-hybridized carbons (Fsp3) is 0.250. The third-order valence-corrected chi connectivity index (χ3v) is 3.21. The molecule has 0 saturated heterocycles. The van der Waals surface area contributed by atoms with Crippen LogP contribution in [0.2, 0.25) is 5.02 Å². The Morgan fingerprint density at radius 3 is 2.95 bits per heavy atom. The summed E-state index contributed by atoms with van der Waals surface area (Å²) in [7, 11) is 1.55. The van der Waals surface area contributed by atoms with Gasteiger partial charge in [0.25, 0.3) is 0 Å². The molecule has 1 heterocycles. The summed E-state index contributed by atoms with van der Waals surface area (Å²) < 4.78 is 5.17. The highest BCUT2D eigenvalue weighted by Gasteiger charge is 2.11. The Bertz CT molecular complexity index is 637. The molecule has 4 N–H and O–H groups in total. The van der Waals surface area contributed by atoms with Crippen LogP contribution in [0.3, 0.4) is 0 Å². The number of fused-ring (bicyclic) bond motifs is 1. The van der Waals surface area contributed by atoms with Crippen molar-refractivity contribution >= 4 is 45.5 Å². The van der Waals surface area contributed by atoms with Crippen LogP contribution < -0.4 is 21.1 Å². The normalized spacial score (nSPS) is 10.3. The molecule has 0 fully saturated rings. The van der Waals surface area contributed by atoms with Crippen molar-refractivity contribution in [2.24, 2.45) is 5.73 Å². The number of halogens is 1. The van der Waals surface area contributed by atoms with Crippen LogP contribution in [0.4, 0.5) is 5.69 Å². The fourth-order valence-electron chi connectivity index (χ4n) is 1.68. The van der Waals surface area contributed by atoms with Crippen LogP contribution in [0, 0.1) is 0 Å². The van der Waals surface area contributed by atoms with E-state index in [4.69, 9.17) is 34.3 Å². The molecule has 8 heteroatoms. The summed E-state index contributed by atoms with van der Waals surface area (Å²) in [5.74, 6) is 0.479. The molecular formula is C12H14ClN5OS. The van der Waals surface area contributed by atoms with Crippen molar-refractivity contribution in [1.82, 2.24) is 15.3 Å². The second kappa shape index (κ2) is 6.65. The van der Waals surface area contributed by atoms with Crippen molar-refractivity contribution in [3.8, 4) is 5.88 Å². The molecule has 20 heavy (non-hydrogen) atoms. The van der Waals surface area contributed by atoms with Gasteiger partial charge in [-0.15, -0.1) is 0 Å². The van der Waals surface area contributed by atoms with Crippen molar-refractivity contribution in [2.75, 3.05) is 25.5 Å². The summed E-state index contributed by atoms with van der Waals surface area (Å²) >= 11 is 11.5. The van der Waals surface area contributed by atoms with Crippen LogP contribution in [0.15, 0.2) is 18.5 Å². The first-order valence-corrected chi connectivity index (χ1v) is 6.68. The zero-order valence-electron chi connectivity index (χ0n) is 10.8. The Hall–Kier alpha value is -1.70. The minimum Gasteiger partial charge on any atom is -0.480 e. The second-order valence-electron chi connectivity index (χ2n) is 3.88. The smallest absolute Gasteiger partial charge is 0.224 e. The zero-order chi connectivity index (χ0) is 14.5. The minimum atomic E-state index is 0.456. The minimum absolute atomic E-state index is 0.456. The van der Waals surface area contributed by atoms with Gasteiger partial charge in [-0.05, 0) is 24.4 Å². The Morgan fingerprint density at radius 1 is 1.45 bits per heavy atom. The molecule has 0 aliphatic carbocycles. The zero-order valence-corrected chi connectivity index (χ0v) is 12.4. The van der Waals surface area contributed by atoms with E-state index in [1.54, 1.807) is 13.2 Å². The van der Waals surface area contributed by atoms with Gasteiger partial charge in [0.05, 0.1) is 28.7 Å². The average Bonchev–Trinajstić information content (AvgIpc) is 2.47. The Kier molecular flexibility index (Phi) is 4.89. The van der Waals surface area contributed by atoms with E-state index in [1.165, 1.54) is 6.33 Å². The third kappa shape index (κ3) is 3.06. The van der Waals surface area contributed by atoms with Gasteiger partial charge in [-0.25, -0.2) is 9.97 Å². The van der Waals surface area contributed by atoms with Crippen LogP contribution in [0.25, 0.3) is 10.9 Å². The number of thiocarbonyl (C=S) groups is 1. The van der Waals surface area contributed by atoms with E-state index < -0.39 is 0 Å². The molecule has 0 aliphatic heterocycles. The van der Waals surface area contributed by atoms with Gasteiger partial charge < -0.3 is 21.1 Å². The van der Waals surface area contributed by atoms with Gasteiger partial charge in [0.2, 0.25) is 5.88 Å². The second-order valence-corrected chi connectivity index (χ2v) is 4.66. The molecule has 0 amide bonds. The highest BCUT2D eigenvalue weighted by atomic mass is 35.5. The van der Waals surface area contributed by atoms with Crippen molar-refractivity contribution in [3.05, 3.63) is 23.5 Å². The molecule has 0 radical (unpaired) electrons. The summed E-state index contributed by atoms with van der Waals surface area (Å²) in [5.41, 5.74) is 6.66. The number of anilines is 1. The number of benzene rings is 1. The molecule has 1 aromatic carbocycles. The van der Waals surface area contributed by atoms with E-state index in [0.717, 1.165) is 5.39 Å². The van der Waals surface area contributed by atoms with Gasteiger partial charge in [-0.3, -0.25) is 0 Å². The van der Waals surface area contributed by atoms with Gasteiger partial charge in [-0.1, -0.05) is 11.6 Å². The molecule has 0 saturated carbocycles. The van der Waals surface area contributed by atoms with Crippen LogP contribution in [-0.2, 0) is 0 Å². The predicted molar refractivity (Wildman–Crippen MR) is 84.4 cm³/mol. The molecule has 1 aromatic heterocycles. The number of nitrogens with two attached hydrogens (primary N) is 1. The number of aromatic nitrogens is 2. The first-order valence-electron chi connectivity index (χ1n) is 5.89. The maximum Gasteiger partial charge on any atom is 0.224 e. The average molecular weight is 312 g/mol. The summed E-state index contributed by atoms with van der Waals surface area (Å²) in [4.78, 5) is 8.21. The number of nitrogens with one attached hydrogen (secondary N) is 2. The van der Waals surface area contributed by atoms with Gasteiger partial charge in [-0.2, -0.15) is 0 Å². The van der Waals surface area contributed by atoms with Gasteiger partial charge >= 0.3 is 0 Å². The highest BCUT2D eigenvalue weighted by molar-refractivity contribution is 7.80. The van der Waals surface area contributed by atoms with Crippen molar-refractivity contribution in [2.45, 2.75) is 0 Å². The largest absolute Gasteiger partial charge is 0.480 e. The molecule has 6 nitrogen and oxygen atoms in total. The maximum absolute atomic E-state index is 6.33. The van der Waals surface area contributed by atoms with Crippen molar-refractivity contribution < 1.29 is 4.74 Å². The van der Waals surface area contributed by atoms with E-state index in [9.17, 15) is 0 Å². The first kappa shape index (κ1) is 14.7. The lowest BCUT2D eigenvalue weighted by Crippen LogP contribution is -2.32. The first-order chi connectivity index (χ1) is 9.67. The highest BCUT2D eigenvalue weighted by Crippen LogP contribution is 2.32. The molecule has 2 aromatic rings. The number of ether oxygens (including phenoxy) is 1. The molecule has 0 unspecified atom stereocenters. The molecular weight excluding hydrogens is 298 g/mol. The Labute approximate surface area is 126 Å². The third-order valence-electron chi connectivity index (χ3n) is 2.58. The van der Waals surface area contributed by atoms with Crippen LogP contribution in [-0.4, -0.2) is 35.3 Å². The molecule has 0 spiro atoms. The van der Waals surface area contributed by atoms with E-state index in [0.29, 0.717) is 40.3 Å². The lowest BCUT2D eigenvalue weighted by molar-refractivity contribution is 0.402. The van der Waals surface area contributed by atoms with E-state index in [-0.39, 0.29) is 0 Å². The van der Waals surface area contributed by atoms with Gasteiger partial charge in [0.15, 0.2) is 5.11 Å². The number of hydrogen-bond acceptors (Lipinski definition) is 5. The fourth-order valence-corrected chi connectivity index (χ4v) is 2.16. The summed E-state index contributed by atoms with van der Waals surface area (Å²) in [6, 6.07) is 3.63. The maximum atomic E-state index is 6.33. The molecule has 2 rings (SSSR count). The van der Waals surface area contributed by atoms with Crippen LogP contribution >= 0.6 is 23.8 Å². The van der Waals surface area contributed by atoms with Crippen LogP contribution in [0.1, 0.15) is 0 Å². The van der Waals surface area contributed by atoms with E-state index in [1.807, 2.05) is 6.07 Å². The number of nitrogens with zero attached hydrogens (tertiary/aromatic N) is 2. The number of methoxy groups -OCH3 is 1. The summed E-state index contributed by atoms with van der Waals surface area (Å²) in [5, 5.41) is 7.62. The quantitative estimate of drug-likeness (QED) is 0.738. The van der Waals surface area contributed by atoms with Crippen LogP contribution in [0.5, 0.6) is 5.88 Å². The van der Waals surface area contributed by atoms with Gasteiger partial charge in [0.1, 0.15) is 6.33 Å². The lowest BCUT2D eigenvalue weighted by atomic mass is 10.2. The molecule has 106 valence electrons. The van der Waals surface area contributed by atoms with E-state index >= 15 is 0 Å². The molecule has 0 aliphatic rings. The number of rotatable bonds is 4. The van der Waals surface area contributed by atoms with Gasteiger partial charge in [0, 0.05) is 13.1 Å². The summed E-state index contributed by atoms with van der Waals surface area (Å²) in [6.45, 7) is 1.09. The standard InChI is InChI=1S/C12H14ClN5OS/c1-19-11-7-2-3-8(18-12(20)15-5-4-14)9(13)10(7)16-6-17-11/h2-3,6H,4-5,14H2,1H3,(H2,15,18,20). The topological polar surface area (TPSA) is 85.1 Å². The molecule has 0 bridgehead atoms. The van der Waals surface area contributed by atoms with Crippen molar-refractivity contribution in [1.29, 1.82) is 0 Å². The number of hydrogen-bond donors (Lipinski definition) is 3. The monoisotopic (exact) mass is 311 g/mol. The Morgan fingerprint density at radius 2 is 2.25 bits per heavy atom. The Balaban J connectivity index is 2.32. The molecule has 0 atom stereocenters. The SMILES string of the molecule is COc1ncnc2c(Cl)c(NC(=S)NCCN)ccc12. The lowest BCUT2D eigenvalue weighted by Gasteiger charge is -2.12. The predicted octanol–water partition coefficient (Wildman–Crippen LogP) is 1.54. The van der Waals surface area contributed by atoms with E-state index in [2.05, 4.69) is 20.6 Å².